The molecule has 0 radical (unpaired) electrons. The summed E-state index contributed by atoms with van der Waals surface area (Å²) in [5.74, 6) is 0.445. The van der Waals surface area contributed by atoms with Gasteiger partial charge in [-0.1, -0.05) is 42.5 Å². The van der Waals surface area contributed by atoms with Crippen LogP contribution in [0.25, 0.3) is 27.8 Å². The maximum Gasteiger partial charge on any atom is 0.280 e. The molecule has 0 fully saturated rings. The maximum absolute atomic E-state index is 12.8. The largest absolute Gasteiger partial charge is 0.280 e. The molecule has 25 heavy (non-hydrogen) atoms. The minimum atomic E-state index is -0.149. The van der Waals surface area contributed by atoms with Crippen molar-refractivity contribution in [3.63, 3.8) is 0 Å². The van der Waals surface area contributed by atoms with E-state index in [1.54, 1.807) is 6.07 Å². The lowest BCUT2D eigenvalue weighted by atomic mass is 10.1. The van der Waals surface area contributed by atoms with E-state index >= 15 is 0 Å². The highest BCUT2D eigenvalue weighted by molar-refractivity contribution is 5.88. The fraction of sp³-hybridized carbons (Fsp3) is 0.100. The van der Waals surface area contributed by atoms with Crippen LogP contribution < -0.4 is 5.56 Å². The second-order valence-electron chi connectivity index (χ2n) is 6.15. The van der Waals surface area contributed by atoms with Crippen LogP contribution in [-0.4, -0.2) is 20.0 Å². The summed E-state index contributed by atoms with van der Waals surface area (Å²) in [6, 6.07) is 19.4. The average molecular weight is 326 g/mol. The van der Waals surface area contributed by atoms with Gasteiger partial charge in [0.05, 0.1) is 16.8 Å². The van der Waals surface area contributed by atoms with Crippen LogP contribution in [0.2, 0.25) is 0 Å². The molecule has 0 saturated carbocycles. The summed E-state index contributed by atoms with van der Waals surface area (Å²) in [7, 11) is 0. The Hall–Kier alpha value is -3.34. The topological polar surface area (TPSA) is 60.7 Å². The minimum absolute atomic E-state index is 0.149. The van der Waals surface area contributed by atoms with Crippen molar-refractivity contribution >= 4 is 10.8 Å². The summed E-state index contributed by atoms with van der Waals surface area (Å²) in [6.07, 6.45) is 1.79. The zero-order chi connectivity index (χ0) is 16.8. The van der Waals surface area contributed by atoms with Crippen molar-refractivity contribution in [2.75, 3.05) is 0 Å². The van der Waals surface area contributed by atoms with Gasteiger partial charge in [0.2, 0.25) is 0 Å². The highest BCUT2D eigenvalue weighted by Gasteiger charge is 2.20. The van der Waals surface area contributed by atoms with Gasteiger partial charge in [0, 0.05) is 10.9 Å². The fourth-order valence-corrected chi connectivity index (χ4v) is 3.44. The summed E-state index contributed by atoms with van der Waals surface area (Å²) in [5.41, 5.74) is 3.77. The number of benzene rings is 2. The Balaban J connectivity index is 1.65. The fourth-order valence-electron chi connectivity index (χ4n) is 3.44. The Kier molecular flexibility index (Phi) is 3.00. The summed E-state index contributed by atoms with van der Waals surface area (Å²) in [4.78, 5) is 12.8. The van der Waals surface area contributed by atoms with Gasteiger partial charge in [-0.25, -0.2) is 0 Å². The molecule has 1 aliphatic carbocycles. The van der Waals surface area contributed by atoms with E-state index in [1.165, 1.54) is 10.2 Å². The van der Waals surface area contributed by atoms with Crippen LogP contribution in [0.5, 0.6) is 0 Å². The lowest BCUT2D eigenvalue weighted by molar-refractivity contribution is 0.744. The molecule has 120 valence electrons. The van der Waals surface area contributed by atoms with E-state index in [2.05, 4.69) is 21.4 Å². The smallest absolute Gasteiger partial charge is 0.267 e. The molecule has 5 heteroatoms. The zero-order valence-electron chi connectivity index (χ0n) is 13.4. The van der Waals surface area contributed by atoms with Gasteiger partial charge in [0.25, 0.3) is 5.56 Å². The third-order valence-corrected chi connectivity index (χ3v) is 4.65. The number of hydrogen-bond acceptors (Lipinski definition) is 4. The van der Waals surface area contributed by atoms with Gasteiger partial charge in [0.15, 0.2) is 5.82 Å². The van der Waals surface area contributed by atoms with Crippen molar-refractivity contribution < 1.29 is 0 Å². The van der Waals surface area contributed by atoms with Crippen LogP contribution in [0.1, 0.15) is 11.3 Å². The van der Waals surface area contributed by atoms with E-state index in [4.69, 9.17) is 0 Å². The lowest BCUT2D eigenvalue weighted by Crippen LogP contribution is -2.23. The maximum atomic E-state index is 12.8. The van der Waals surface area contributed by atoms with E-state index in [0.717, 1.165) is 35.2 Å². The van der Waals surface area contributed by atoms with Crippen molar-refractivity contribution in [2.24, 2.45) is 0 Å². The first-order valence-corrected chi connectivity index (χ1v) is 8.24. The van der Waals surface area contributed by atoms with Gasteiger partial charge in [0.1, 0.15) is 0 Å². The van der Waals surface area contributed by atoms with E-state index < -0.39 is 0 Å². The van der Waals surface area contributed by atoms with Crippen LogP contribution >= 0.6 is 0 Å². The molecule has 0 aliphatic heterocycles. The molecule has 0 bridgehead atoms. The van der Waals surface area contributed by atoms with Crippen LogP contribution in [0, 0.1) is 0 Å². The molecule has 0 spiro atoms. The van der Waals surface area contributed by atoms with Crippen molar-refractivity contribution in [3.05, 3.63) is 82.3 Å². The number of aryl methyl sites for hydroxylation is 2. The molecule has 0 unspecified atom stereocenters. The van der Waals surface area contributed by atoms with Crippen molar-refractivity contribution in [1.29, 1.82) is 0 Å². The van der Waals surface area contributed by atoms with Crippen molar-refractivity contribution in [3.8, 4) is 17.1 Å². The van der Waals surface area contributed by atoms with Gasteiger partial charge in [-0.15, -0.1) is 10.2 Å². The molecule has 1 aliphatic rings. The standard InChI is InChI=1S/C20H14N4O/c25-20-15-8-4-7-14-9-10-17(19(14)15)23-24(20)18-12-11-16(21-22-18)13-5-2-1-3-6-13/h1-8,11-12H,9-10H2. The summed E-state index contributed by atoms with van der Waals surface area (Å²) in [6.45, 7) is 0. The Labute approximate surface area is 143 Å². The van der Waals surface area contributed by atoms with Crippen molar-refractivity contribution in [2.45, 2.75) is 12.8 Å². The second-order valence-corrected chi connectivity index (χ2v) is 6.15. The van der Waals surface area contributed by atoms with Gasteiger partial charge < -0.3 is 0 Å². The first-order valence-electron chi connectivity index (χ1n) is 8.24. The summed E-state index contributed by atoms with van der Waals surface area (Å²) >= 11 is 0. The Morgan fingerprint density at radius 2 is 1.72 bits per heavy atom. The molecule has 4 aromatic rings. The normalized spacial score (nSPS) is 12.6. The molecule has 2 heterocycles. The summed E-state index contributed by atoms with van der Waals surface area (Å²) in [5, 5.41) is 14.8. The molecular formula is C20H14N4O. The number of rotatable bonds is 2. The third kappa shape index (κ3) is 2.16. The Morgan fingerprint density at radius 1 is 0.840 bits per heavy atom. The molecule has 2 aromatic carbocycles. The second kappa shape index (κ2) is 5.34. The van der Waals surface area contributed by atoms with E-state index in [1.807, 2.05) is 48.5 Å². The highest BCUT2D eigenvalue weighted by Crippen LogP contribution is 2.27. The number of aromatic nitrogens is 4. The first-order chi connectivity index (χ1) is 12.3. The van der Waals surface area contributed by atoms with Gasteiger partial charge >= 0.3 is 0 Å². The summed E-state index contributed by atoms with van der Waals surface area (Å²) < 4.78 is 1.37. The zero-order valence-corrected chi connectivity index (χ0v) is 13.4. The van der Waals surface area contributed by atoms with Crippen LogP contribution in [0.3, 0.4) is 0 Å². The molecule has 5 rings (SSSR count). The lowest BCUT2D eigenvalue weighted by Gasteiger charge is -2.07. The van der Waals surface area contributed by atoms with Gasteiger partial charge in [-0.3, -0.25) is 4.79 Å². The van der Waals surface area contributed by atoms with E-state index in [0.29, 0.717) is 11.2 Å². The SMILES string of the molecule is O=c1c2cccc3c2c(nn1-c1ccc(-c2ccccc2)nn1)CC3. The first kappa shape index (κ1) is 14.0. The van der Waals surface area contributed by atoms with Crippen LogP contribution in [-0.2, 0) is 12.8 Å². The molecule has 0 saturated heterocycles. The van der Waals surface area contributed by atoms with Crippen LogP contribution in [0.4, 0.5) is 0 Å². The molecule has 0 N–H and O–H groups in total. The molecule has 5 nitrogen and oxygen atoms in total. The van der Waals surface area contributed by atoms with Gasteiger partial charge in [-0.2, -0.15) is 9.78 Å². The Morgan fingerprint density at radius 3 is 2.52 bits per heavy atom. The monoisotopic (exact) mass is 326 g/mol. The highest BCUT2D eigenvalue weighted by atomic mass is 16.1. The molecular weight excluding hydrogens is 312 g/mol. The predicted molar refractivity (Wildman–Crippen MR) is 95.8 cm³/mol. The quantitative estimate of drug-likeness (QED) is 0.568. The van der Waals surface area contributed by atoms with Crippen molar-refractivity contribution in [1.82, 2.24) is 20.0 Å². The number of nitrogens with zero attached hydrogens (tertiary/aromatic N) is 4. The van der Waals surface area contributed by atoms with E-state index in [-0.39, 0.29) is 5.56 Å². The van der Waals surface area contributed by atoms with Crippen LogP contribution in [0.15, 0.2) is 65.5 Å². The van der Waals surface area contributed by atoms with Gasteiger partial charge in [-0.05, 0) is 36.6 Å². The third-order valence-electron chi connectivity index (χ3n) is 4.65. The Bertz CT molecular complexity index is 1150. The minimum Gasteiger partial charge on any atom is -0.267 e. The predicted octanol–water partition coefficient (Wildman–Crippen LogP) is 2.94. The average Bonchev–Trinajstić information content (AvgIpc) is 3.10. The van der Waals surface area contributed by atoms with E-state index in [9.17, 15) is 4.79 Å². The molecule has 2 aromatic heterocycles. The molecule has 0 atom stereocenters. The molecule has 0 amide bonds. The number of hydrogen-bond donors (Lipinski definition) is 0.